The maximum Gasteiger partial charge on any atom is 0.123 e. The number of halogens is 1. The van der Waals surface area contributed by atoms with Crippen molar-refractivity contribution >= 4 is 5.69 Å². The zero-order valence-corrected chi connectivity index (χ0v) is 9.39. The summed E-state index contributed by atoms with van der Waals surface area (Å²) in [6, 6.07) is 7.14. The molecule has 1 aromatic rings. The van der Waals surface area contributed by atoms with Gasteiger partial charge in [-0.2, -0.15) is 0 Å². The second kappa shape index (κ2) is 3.84. The standard InChI is InChI=1S/C13H18FN/c1-13(2)9-3-4-12(13)15-11-7-5-10(14)6-8-11/h5-8,12,15H,3-4,9H2,1-2H3. The third-order valence-corrected chi connectivity index (χ3v) is 3.44. The third kappa shape index (κ3) is 2.31. The van der Waals surface area contributed by atoms with Crippen LogP contribution >= 0.6 is 0 Å². The van der Waals surface area contributed by atoms with E-state index in [1.165, 1.54) is 31.4 Å². The first-order chi connectivity index (χ1) is 7.08. The summed E-state index contributed by atoms with van der Waals surface area (Å²) in [7, 11) is 0. The van der Waals surface area contributed by atoms with E-state index in [0.29, 0.717) is 11.5 Å². The summed E-state index contributed by atoms with van der Waals surface area (Å²) >= 11 is 0. The maximum absolute atomic E-state index is 12.7. The van der Waals surface area contributed by atoms with Crippen molar-refractivity contribution in [3.63, 3.8) is 0 Å². The van der Waals surface area contributed by atoms with Crippen LogP contribution in [-0.2, 0) is 0 Å². The van der Waals surface area contributed by atoms with Gasteiger partial charge in [0, 0.05) is 11.7 Å². The summed E-state index contributed by atoms with van der Waals surface area (Å²) in [5.41, 5.74) is 1.38. The van der Waals surface area contributed by atoms with E-state index in [1.54, 1.807) is 0 Å². The molecule has 0 aliphatic heterocycles. The molecular formula is C13H18FN. The van der Waals surface area contributed by atoms with Gasteiger partial charge in [0.2, 0.25) is 0 Å². The average Bonchev–Trinajstić information content (AvgIpc) is 2.50. The van der Waals surface area contributed by atoms with E-state index in [1.807, 2.05) is 12.1 Å². The van der Waals surface area contributed by atoms with Crippen molar-refractivity contribution in [2.24, 2.45) is 5.41 Å². The van der Waals surface area contributed by atoms with Gasteiger partial charge in [-0.15, -0.1) is 0 Å². The van der Waals surface area contributed by atoms with Gasteiger partial charge in [-0.1, -0.05) is 20.3 Å². The molecule has 2 heteroatoms. The second-order valence-electron chi connectivity index (χ2n) is 5.08. The Bertz CT molecular complexity index is 329. The van der Waals surface area contributed by atoms with Crippen molar-refractivity contribution in [1.29, 1.82) is 0 Å². The maximum atomic E-state index is 12.7. The molecule has 0 bridgehead atoms. The summed E-state index contributed by atoms with van der Waals surface area (Å²) in [5, 5.41) is 3.49. The molecule has 15 heavy (non-hydrogen) atoms. The van der Waals surface area contributed by atoms with Crippen LogP contribution in [0.1, 0.15) is 33.1 Å². The van der Waals surface area contributed by atoms with Crippen LogP contribution in [0.3, 0.4) is 0 Å². The largest absolute Gasteiger partial charge is 0.382 e. The first-order valence-electron chi connectivity index (χ1n) is 5.60. The molecule has 1 aliphatic carbocycles. The van der Waals surface area contributed by atoms with E-state index in [2.05, 4.69) is 19.2 Å². The Balaban J connectivity index is 2.06. The van der Waals surface area contributed by atoms with Crippen molar-refractivity contribution < 1.29 is 4.39 Å². The molecule has 82 valence electrons. The van der Waals surface area contributed by atoms with Crippen LogP contribution in [0.5, 0.6) is 0 Å². The Kier molecular flexibility index (Phi) is 2.68. The monoisotopic (exact) mass is 207 g/mol. The van der Waals surface area contributed by atoms with Crippen molar-refractivity contribution in [1.82, 2.24) is 0 Å². The Morgan fingerprint density at radius 1 is 1.27 bits per heavy atom. The predicted octanol–water partition coefficient (Wildman–Crippen LogP) is 3.82. The van der Waals surface area contributed by atoms with Gasteiger partial charge in [-0.3, -0.25) is 0 Å². The molecular weight excluding hydrogens is 189 g/mol. The van der Waals surface area contributed by atoms with Crippen LogP contribution < -0.4 is 5.32 Å². The highest BCUT2D eigenvalue weighted by Gasteiger charge is 2.34. The van der Waals surface area contributed by atoms with Gasteiger partial charge in [0.25, 0.3) is 0 Å². The molecule has 0 spiro atoms. The number of benzene rings is 1. The lowest BCUT2D eigenvalue weighted by Crippen LogP contribution is -2.30. The highest BCUT2D eigenvalue weighted by Crippen LogP contribution is 2.38. The van der Waals surface area contributed by atoms with E-state index < -0.39 is 0 Å². The number of anilines is 1. The van der Waals surface area contributed by atoms with Crippen molar-refractivity contribution in [3.8, 4) is 0 Å². The highest BCUT2D eigenvalue weighted by molar-refractivity contribution is 5.44. The van der Waals surface area contributed by atoms with E-state index in [-0.39, 0.29) is 5.82 Å². The topological polar surface area (TPSA) is 12.0 Å². The SMILES string of the molecule is CC1(C)CCCC1Nc1ccc(F)cc1. The van der Waals surface area contributed by atoms with Crippen molar-refractivity contribution in [3.05, 3.63) is 30.1 Å². The van der Waals surface area contributed by atoms with Crippen molar-refractivity contribution in [2.75, 3.05) is 5.32 Å². The van der Waals surface area contributed by atoms with Gasteiger partial charge in [0.1, 0.15) is 5.82 Å². The third-order valence-electron chi connectivity index (χ3n) is 3.44. The summed E-state index contributed by atoms with van der Waals surface area (Å²) in [5.74, 6) is -0.175. The molecule has 1 saturated carbocycles. The lowest BCUT2D eigenvalue weighted by atomic mass is 9.87. The number of rotatable bonds is 2. The Hall–Kier alpha value is -1.05. The summed E-state index contributed by atoms with van der Waals surface area (Å²) in [6.07, 6.45) is 3.77. The second-order valence-corrected chi connectivity index (χ2v) is 5.08. The minimum Gasteiger partial charge on any atom is -0.382 e. The predicted molar refractivity (Wildman–Crippen MR) is 61.4 cm³/mol. The number of nitrogens with one attached hydrogen (secondary N) is 1. The van der Waals surface area contributed by atoms with E-state index in [4.69, 9.17) is 0 Å². The van der Waals surface area contributed by atoms with Crippen LogP contribution in [0.2, 0.25) is 0 Å². The fourth-order valence-electron chi connectivity index (χ4n) is 2.34. The molecule has 0 amide bonds. The smallest absolute Gasteiger partial charge is 0.123 e. The van der Waals surface area contributed by atoms with Crippen LogP contribution in [0.4, 0.5) is 10.1 Å². The lowest BCUT2D eigenvalue weighted by molar-refractivity contribution is 0.350. The van der Waals surface area contributed by atoms with Gasteiger partial charge in [0.05, 0.1) is 0 Å². The molecule has 0 saturated heterocycles. The van der Waals surface area contributed by atoms with E-state index >= 15 is 0 Å². The van der Waals surface area contributed by atoms with Crippen molar-refractivity contribution in [2.45, 2.75) is 39.2 Å². The highest BCUT2D eigenvalue weighted by atomic mass is 19.1. The molecule has 1 fully saturated rings. The first kappa shape index (κ1) is 10.5. The minimum atomic E-state index is -0.175. The molecule has 0 heterocycles. The summed E-state index contributed by atoms with van der Waals surface area (Å²) < 4.78 is 12.7. The van der Waals surface area contributed by atoms with Gasteiger partial charge < -0.3 is 5.32 Å². The van der Waals surface area contributed by atoms with Gasteiger partial charge in [-0.05, 0) is 42.5 Å². The number of hydrogen-bond acceptors (Lipinski definition) is 1. The van der Waals surface area contributed by atoms with E-state index in [9.17, 15) is 4.39 Å². The van der Waals surface area contributed by atoms with Crippen LogP contribution in [-0.4, -0.2) is 6.04 Å². The first-order valence-corrected chi connectivity index (χ1v) is 5.60. The molecule has 1 aliphatic rings. The molecule has 2 rings (SSSR count). The lowest BCUT2D eigenvalue weighted by Gasteiger charge is -2.28. The summed E-state index contributed by atoms with van der Waals surface area (Å²) in [4.78, 5) is 0. The fourth-order valence-corrected chi connectivity index (χ4v) is 2.34. The molecule has 1 atom stereocenters. The Morgan fingerprint density at radius 3 is 2.47 bits per heavy atom. The molecule has 1 N–H and O–H groups in total. The Labute approximate surface area is 90.7 Å². The van der Waals surface area contributed by atoms with E-state index in [0.717, 1.165) is 5.69 Å². The molecule has 1 nitrogen and oxygen atoms in total. The Morgan fingerprint density at radius 2 is 1.93 bits per heavy atom. The molecule has 1 unspecified atom stereocenters. The quantitative estimate of drug-likeness (QED) is 0.777. The molecule has 0 aromatic heterocycles. The van der Waals surface area contributed by atoms with Gasteiger partial charge >= 0.3 is 0 Å². The fraction of sp³-hybridized carbons (Fsp3) is 0.538. The van der Waals surface area contributed by atoms with Crippen LogP contribution in [0, 0.1) is 11.2 Å². The van der Waals surface area contributed by atoms with Crippen LogP contribution in [0.25, 0.3) is 0 Å². The number of hydrogen-bond donors (Lipinski definition) is 1. The van der Waals surface area contributed by atoms with Gasteiger partial charge in [-0.25, -0.2) is 4.39 Å². The zero-order chi connectivity index (χ0) is 10.9. The average molecular weight is 207 g/mol. The van der Waals surface area contributed by atoms with Crippen LogP contribution in [0.15, 0.2) is 24.3 Å². The molecule has 0 radical (unpaired) electrons. The zero-order valence-electron chi connectivity index (χ0n) is 9.39. The summed E-state index contributed by atoms with van der Waals surface area (Å²) in [6.45, 7) is 4.59. The molecule has 1 aromatic carbocycles. The minimum absolute atomic E-state index is 0.175. The van der Waals surface area contributed by atoms with Gasteiger partial charge in [0.15, 0.2) is 0 Å². The normalized spacial score (nSPS) is 24.1.